The van der Waals surface area contributed by atoms with Crippen LogP contribution in [0.3, 0.4) is 0 Å². The zero-order valence-corrected chi connectivity index (χ0v) is 10.7. The Bertz CT molecular complexity index is 322. The van der Waals surface area contributed by atoms with E-state index in [9.17, 15) is 0 Å². The summed E-state index contributed by atoms with van der Waals surface area (Å²) in [7, 11) is 0. The van der Waals surface area contributed by atoms with Gasteiger partial charge in [0.05, 0.1) is 0 Å². The highest BCUT2D eigenvalue weighted by Gasteiger charge is 2.27. The molecular formula is C12H15IO. The van der Waals surface area contributed by atoms with Crippen molar-refractivity contribution < 1.29 is 4.74 Å². The SMILES string of the molecule is CC(C)C1CC(I)c2ccccc2O1. The van der Waals surface area contributed by atoms with Crippen LogP contribution in [0.2, 0.25) is 0 Å². The van der Waals surface area contributed by atoms with Crippen molar-refractivity contribution in [1.82, 2.24) is 0 Å². The Kier molecular flexibility index (Phi) is 3.00. The van der Waals surface area contributed by atoms with E-state index in [4.69, 9.17) is 4.74 Å². The summed E-state index contributed by atoms with van der Waals surface area (Å²) in [4.78, 5) is 0. The average Bonchev–Trinajstić information content (AvgIpc) is 2.17. The Hall–Kier alpha value is -0.250. The second-order valence-corrected chi connectivity index (χ2v) is 5.64. The molecule has 2 rings (SSSR count). The van der Waals surface area contributed by atoms with Gasteiger partial charge in [-0.25, -0.2) is 0 Å². The molecule has 0 radical (unpaired) electrons. The maximum absolute atomic E-state index is 5.96. The Morgan fingerprint density at radius 3 is 2.79 bits per heavy atom. The predicted molar refractivity (Wildman–Crippen MR) is 67.1 cm³/mol. The fraction of sp³-hybridized carbons (Fsp3) is 0.500. The zero-order valence-electron chi connectivity index (χ0n) is 8.53. The van der Waals surface area contributed by atoms with Crippen LogP contribution in [-0.2, 0) is 0 Å². The van der Waals surface area contributed by atoms with E-state index in [0.29, 0.717) is 15.9 Å². The molecule has 0 aromatic heterocycles. The number of benzene rings is 1. The van der Waals surface area contributed by atoms with E-state index in [2.05, 4.69) is 54.6 Å². The van der Waals surface area contributed by atoms with E-state index in [1.807, 2.05) is 6.07 Å². The minimum atomic E-state index is 0.381. The monoisotopic (exact) mass is 302 g/mol. The fourth-order valence-electron chi connectivity index (χ4n) is 1.80. The Morgan fingerprint density at radius 2 is 2.07 bits per heavy atom. The molecule has 76 valence electrons. The van der Waals surface area contributed by atoms with Gasteiger partial charge in [0.1, 0.15) is 11.9 Å². The number of hydrogen-bond acceptors (Lipinski definition) is 1. The fourth-order valence-corrected chi connectivity index (χ4v) is 2.81. The van der Waals surface area contributed by atoms with Gasteiger partial charge >= 0.3 is 0 Å². The van der Waals surface area contributed by atoms with Crippen LogP contribution in [0.25, 0.3) is 0 Å². The van der Waals surface area contributed by atoms with Gasteiger partial charge in [0, 0.05) is 15.9 Å². The van der Waals surface area contributed by atoms with Crippen LogP contribution in [0, 0.1) is 5.92 Å². The van der Waals surface area contributed by atoms with Crippen molar-refractivity contribution in [3.63, 3.8) is 0 Å². The first-order valence-electron chi connectivity index (χ1n) is 5.08. The number of para-hydroxylation sites is 1. The topological polar surface area (TPSA) is 9.23 Å². The molecule has 1 nitrogen and oxygen atoms in total. The van der Waals surface area contributed by atoms with Gasteiger partial charge in [-0.1, -0.05) is 54.6 Å². The van der Waals surface area contributed by atoms with Gasteiger partial charge in [-0.3, -0.25) is 0 Å². The summed E-state index contributed by atoms with van der Waals surface area (Å²) < 4.78 is 6.56. The van der Waals surface area contributed by atoms with Gasteiger partial charge < -0.3 is 4.74 Å². The molecule has 1 heterocycles. The summed E-state index contributed by atoms with van der Waals surface area (Å²) in [5, 5.41) is 0. The number of fused-ring (bicyclic) bond motifs is 1. The smallest absolute Gasteiger partial charge is 0.123 e. The summed E-state index contributed by atoms with van der Waals surface area (Å²) in [6.07, 6.45) is 1.52. The highest BCUT2D eigenvalue weighted by Crippen LogP contribution is 2.41. The molecule has 1 aliphatic rings. The van der Waals surface area contributed by atoms with Crippen molar-refractivity contribution in [3.8, 4) is 5.75 Å². The Balaban J connectivity index is 2.29. The molecule has 0 bridgehead atoms. The second-order valence-electron chi connectivity index (χ2n) is 4.14. The molecule has 0 aliphatic carbocycles. The number of hydrogen-bond donors (Lipinski definition) is 0. The van der Waals surface area contributed by atoms with Crippen molar-refractivity contribution in [2.45, 2.75) is 30.3 Å². The Morgan fingerprint density at radius 1 is 1.36 bits per heavy atom. The van der Waals surface area contributed by atoms with Gasteiger partial charge in [0.15, 0.2) is 0 Å². The normalized spacial score (nSPS) is 25.7. The molecule has 0 fully saturated rings. The standard InChI is InChI=1S/C12H15IO/c1-8(2)12-7-10(13)9-5-3-4-6-11(9)14-12/h3-6,8,10,12H,7H2,1-2H3. The molecule has 0 spiro atoms. The molecule has 2 heteroatoms. The lowest BCUT2D eigenvalue weighted by Gasteiger charge is -2.31. The quantitative estimate of drug-likeness (QED) is 0.563. The minimum Gasteiger partial charge on any atom is -0.490 e. The van der Waals surface area contributed by atoms with E-state index in [0.717, 1.165) is 12.2 Å². The molecular weight excluding hydrogens is 287 g/mol. The van der Waals surface area contributed by atoms with Crippen molar-refractivity contribution in [2.75, 3.05) is 0 Å². The van der Waals surface area contributed by atoms with E-state index in [-0.39, 0.29) is 0 Å². The third kappa shape index (κ3) is 1.90. The number of ether oxygens (including phenoxy) is 1. The van der Waals surface area contributed by atoms with Gasteiger partial charge in [0.25, 0.3) is 0 Å². The summed E-state index contributed by atoms with van der Waals surface area (Å²) in [5.74, 6) is 1.68. The van der Waals surface area contributed by atoms with Crippen LogP contribution in [-0.4, -0.2) is 6.10 Å². The first kappa shape index (κ1) is 10.3. The number of halogens is 1. The van der Waals surface area contributed by atoms with Crippen molar-refractivity contribution in [1.29, 1.82) is 0 Å². The molecule has 2 unspecified atom stereocenters. The number of rotatable bonds is 1. The van der Waals surface area contributed by atoms with Crippen LogP contribution in [0.15, 0.2) is 24.3 Å². The summed E-state index contributed by atoms with van der Waals surface area (Å²) in [6, 6.07) is 8.38. The zero-order chi connectivity index (χ0) is 10.1. The van der Waals surface area contributed by atoms with Crippen LogP contribution in [0.1, 0.15) is 29.8 Å². The van der Waals surface area contributed by atoms with Gasteiger partial charge in [0.2, 0.25) is 0 Å². The van der Waals surface area contributed by atoms with Crippen LogP contribution < -0.4 is 4.74 Å². The van der Waals surface area contributed by atoms with Crippen LogP contribution in [0.5, 0.6) is 5.75 Å². The lowest BCUT2D eigenvalue weighted by Crippen LogP contribution is -2.28. The van der Waals surface area contributed by atoms with Crippen molar-refractivity contribution in [2.24, 2.45) is 5.92 Å². The molecule has 1 aromatic rings. The third-order valence-corrected chi connectivity index (χ3v) is 3.90. The van der Waals surface area contributed by atoms with Gasteiger partial charge in [-0.05, 0) is 12.0 Å². The number of alkyl halides is 1. The van der Waals surface area contributed by atoms with Crippen molar-refractivity contribution in [3.05, 3.63) is 29.8 Å². The van der Waals surface area contributed by atoms with Crippen LogP contribution >= 0.6 is 22.6 Å². The molecule has 1 aromatic carbocycles. The molecule has 0 N–H and O–H groups in total. The molecule has 14 heavy (non-hydrogen) atoms. The largest absolute Gasteiger partial charge is 0.490 e. The van der Waals surface area contributed by atoms with Crippen LogP contribution in [0.4, 0.5) is 0 Å². The second kappa shape index (κ2) is 4.09. The summed E-state index contributed by atoms with van der Waals surface area (Å²) in [6.45, 7) is 4.45. The molecule has 0 saturated heterocycles. The molecule has 1 aliphatic heterocycles. The van der Waals surface area contributed by atoms with E-state index in [1.54, 1.807) is 0 Å². The lowest BCUT2D eigenvalue weighted by molar-refractivity contribution is 0.127. The maximum atomic E-state index is 5.96. The van der Waals surface area contributed by atoms with Gasteiger partial charge in [-0.2, -0.15) is 0 Å². The highest BCUT2D eigenvalue weighted by molar-refractivity contribution is 14.1. The van der Waals surface area contributed by atoms with E-state index < -0.39 is 0 Å². The predicted octanol–water partition coefficient (Wildman–Crippen LogP) is 3.97. The van der Waals surface area contributed by atoms with E-state index in [1.165, 1.54) is 5.56 Å². The van der Waals surface area contributed by atoms with E-state index >= 15 is 0 Å². The average molecular weight is 302 g/mol. The van der Waals surface area contributed by atoms with Crippen molar-refractivity contribution >= 4 is 22.6 Å². The molecule has 0 amide bonds. The lowest BCUT2D eigenvalue weighted by atomic mass is 9.96. The summed E-state index contributed by atoms with van der Waals surface area (Å²) >= 11 is 2.52. The Labute approximate surface area is 99.0 Å². The molecule has 0 saturated carbocycles. The first-order valence-corrected chi connectivity index (χ1v) is 6.32. The molecule has 2 atom stereocenters. The third-order valence-electron chi connectivity index (χ3n) is 2.72. The first-order chi connectivity index (χ1) is 6.68. The van der Waals surface area contributed by atoms with Gasteiger partial charge in [-0.15, -0.1) is 0 Å². The maximum Gasteiger partial charge on any atom is 0.123 e. The summed E-state index contributed by atoms with van der Waals surface area (Å²) in [5.41, 5.74) is 1.35. The minimum absolute atomic E-state index is 0.381. The highest BCUT2D eigenvalue weighted by atomic mass is 127.